The number of piperidine rings is 2. The minimum Gasteiger partial charge on any atom is -0.459 e. The van der Waals surface area contributed by atoms with Crippen molar-refractivity contribution in [3.05, 3.63) is 30.1 Å². The lowest BCUT2D eigenvalue weighted by atomic mass is 9.68. The standard InChI is InChI=1S/C35H53N5O2/c1-35(2,3)42-34(41)24-38-16-14-37(15-17-38)23-33-36-31-12-4-5-13-32(31)40(33)30-21-27-10-7-11-28(22-30)39(27)29-19-25-8-6-9-26(18-25)20-29/h4-5,12-13,25-30H,6-11,14-24H2,1-3H3/t25-,26+,27-,28+,29?,30?. The fourth-order valence-corrected chi connectivity index (χ4v) is 9.61. The third-order valence-electron chi connectivity index (χ3n) is 11.2. The number of piperazine rings is 1. The highest BCUT2D eigenvalue weighted by Crippen LogP contribution is 2.48. The van der Waals surface area contributed by atoms with E-state index >= 15 is 0 Å². The molecule has 2 aromatic rings. The summed E-state index contributed by atoms with van der Waals surface area (Å²) in [5, 5.41) is 0. The largest absolute Gasteiger partial charge is 0.459 e. The van der Waals surface area contributed by atoms with E-state index in [2.05, 4.69) is 43.5 Å². The minimum absolute atomic E-state index is 0.119. The number of nitrogens with zero attached hydrogens (tertiary/aromatic N) is 5. The number of carbonyl (C=O) groups excluding carboxylic acids is 1. The van der Waals surface area contributed by atoms with Crippen LogP contribution >= 0.6 is 0 Å². The van der Waals surface area contributed by atoms with Gasteiger partial charge in [-0.15, -0.1) is 0 Å². The molecule has 0 radical (unpaired) electrons. The Morgan fingerprint density at radius 2 is 1.45 bits per heavy atom. The Morgan fingerprint density at radius 1 is 0.810 bits per heavy atom. The molecule has 42 heavy (non-hydrogen) atoms. The van der Waals surface area contributed by atoms with Crippen molar-refractivity contribution in [2.24, 2.45) is 11.8 Å². The van der Waals surface area contributed by atoms with Crippen molar-refractivity contribution in [3.8, 4) is 0 Å². The Labute approximate surface area is 252 Å². The zero-order chi connectivity index (χ0) is 28.8. The number of fused-ring (bicyclic) bond motifs is 5. The highest BCUT2D eigenvalue weighted by molar-refractivity contribution is 5.76. The van der Waals surface area contributed by atoms with E-state index in [-0.39, 0.29) is 5.97 Å². The third kappa shape index (κ3) is 6.16. The quantitative estimate of drug-likeness (QED) is 0.393. The third-order valence-corrected chi connectivity index (χ3v) is 11.2. The molecular weight excluding hydrogens is 522 g/mol. The summed E-state index contributed by atoms with van der Waals surface area (Å²) in [6.45, 7) is 10.8. The van der Waals surface area contributed by atoms with Gasteiger partial charge in [-0.25, -0.2) is 4.98 Å². The molecule has 2 unspecified atom stereocenters. The average Bonchev–Trinajstić information content (AvgIpc) is 3.30. The Bertz CT molecular complexity index is 1220. The molecule has 4 heterocycles. The Kier molecular flexibility index (Phi) is 8.12. The van der Waals surface area contributed by atoms with Crippen LogP contribution < -0.4 is 0 Å². The lowest BCUT2D eigenvalue weighted by Gasteiger charge is -2.55. The van der Waals surface area contributed by atoms with Crippen molar-refractivity contribution in [2.75, 3.05) is 32.7 Å². The van der Waals surface area contributed by atoms with E-state index in [0.717, 1.165) is 68.2 Å². The summed E-state index contributed by atoms with van der Waals surface area (Å²) in [6, 6.07) is 11.7. The van der Waals surface area contributed by atoms with Gasteiger partial charge in [0.05, 0.1) is 24.1 Å². The maximum Gasteiger partial charge on any atom is 0.320 e. The molecule has 5 aliphatic rings. The van der Waals surface area contributed by atoms with Crippen LogP contribution in [-0.2, 0) is 16.1 Å². The molecule has 7 nitrogen and oxygen atoms in total. The smallest absolute Gasteiger partial charge is 0.320 e. The lowest BCUT2D eigenvalue weighted by molar-refractivity contribution is -0.156. The Morgan fingerprint density at radius 3 is 2.14 bits per heavy atom. The van der Waals surface area contributed by atoms with Gasteiger partial charge in [-0.2, -0.15) is 0 Å². The van der Waals surface area contributed by atoms with Crippen molar-refractivity contribution < 1.29 is 9.53 Å². The van der Waals surface area contributed by atoms with Crippen LogP contribution in [0.5, 0.6) is 0 Å². The van der Waals surface area contributed by atoms with E-state index < -0.39 is 5.60 Å². The number of hydrogen-bond acceptors (Lipinski definition) is 6. The second-order valence-corrected chi connectivity index (χ2v) is 15.4. The summed E-state index contributed by atoms with van der Waals surface area (Å²) in [4.78, 5) is 25.5. The minimum atomic E-state index is -0.429. The summed E-state index contributed by atoms with van der Waals surface area (Å²) in [6.07, 6.45) is 15.6. The van der Waals surface area contributed by atoms with E-state index in [4.69, 9.17) is 9.72 Å². The molecule has 5 fully saturated rings. The van der Waals surface area contributed by atoms with Gasteiger partial charge in [0.25, 0.3) is 0 Å². The second-order valence-electron chi connectivity index (χ2n) is 15.4. The molecule has 0 spiro atoms. The van der Waals surface area contributed by atoms with E-state index in [9.17, 15) is 4.79 Å². The summed E-state index contributed by atoms with van der Waals surface area (Å²) in [5.74, 6) is 3.11. The van der Waals surface area contributed by atoms with Gasteiger partial charge in [-0.3, -0.25) is 19.5 Å². The highest BCUT2D eigenvalue weighted by atomic mass is 16.6. The van der Waals surface area contributed by atoms with Crippen LogP contribution in [0, 0.1) is 11.8 Å². The number of aromatic nitrogens is 2. The van der Waals surface area contributed by atoms with Crippen LogP contribution in [0.1, 0.15) is 103 Å². The number of benzene rings is 1. The number of rotatable bonds is 6. The van der Waals surface area contributed by atoms with E-state index in [1.807, 2.05) is 20.8 Å². The number of para-hydroxylation sites is 2. The Balaban J connectivity index is 1.05. The molecule has 4 bridgehead atoms. The molecule has 6 atom stereocenters. The lowest BCUT2D eigenvalue weighted by Crippen LogP contribution is -2.58. The molecule has 1 aromatic heterocycles. The summed E-state index contributed by atoms with van der Waals surface area (Å²) >= 11 is 0. The maximum absolute atomic E-state index is 12.4. The first-order valence-corrected chi connectivity index (χ1v) is 17.2. The average molecular weight is 576 g/mol. The van der Waals surface area contributed by atoms with Gasteiger partial charge in [0.1, 0.15) is 11.4 Å². The van der Waals surface area contributed by atoms with Crippen LogP contribution in [-0.4, -0.2) is 86.7 Å². The number of esters is 1. The maximum atomic E-state index is 12.4. The van der Waals surface area contributed by atoms with Gasteiger partial charge in [-0.05, 0) is 89.7 Å². The molecule has 7 heteroatoms. The molecule has 230 valence electrons. The molecule has 0 N–H and O–H groups in total. The van der Waals surface area contributed by atoms with Gasteiger partial charge >= 0.3 is 5.97 Å². The topological polar surface area (TPSA) is 53.8 Å². The van der Waals surface area contributed by atoms with Gasteiger partial charge in [0.2, 0.25) is 0 Å². The van der Waals surface area contributed by atoms with Crippen molar-refractivity contribution in [3.63, 3.8) is 0 Å². The highest BCUT2D eigenvalue weighted by Gasteiger charge is 2.45. The first-order chi connectivity index (χ1) is 20.3. The predicted molar refractivity (Wildman–Crippen MR) is 167 cm³/mol. The fraction of sp³-hybridized carbons (Fsp3) is 0.771. The zero-order valence-electron chi connectivity index (χ0n) is 26.3. The number of imidazole rings is 1. The molecule has 3 saturated heterocycles. The van der Waals surface area contributed by atoms with Gasteiger partial charge < -0.3 is 9.30 Å². The summed E-state index contributed by atoms with van der Waals surface area (Å²) in [5.41, 5.74) is 2.03. The van der Waals surface area contributed by atoms with E-state index in [1.54, 1.807) is 0 Å². The van der Waals surface area contributed by atoms with Crippen molar-refractivity contribution in [1.82, 2.24) is 24.3 Å². The predicted octanol–water partition coefficient (Wildman–Crippen LogP) is 6.02. The fourth-order valence-electron chi connectivity index (χ4n) is 9.61. The second kappa shape index (κ2) is 11.9. The SMILES string of the molecule is CC(C)(C)OC(=O)CN1CCN(Cc2nc3ccccc3n2C2C[C@H]3CCC[C@@H](C2)N3C2C[C@H]3CCC[C@@H](C2)C3)CC1. The first kappa shape index (κ1) is 28.8. The van der Waals surface area contributed by atoms with Gasteiger partial charge in [0, 0.05) is 50.3 Å². The molecule has 3 aliphatic heterocycles. The zero-order valence-corrected chi connectivity index (χ0v) is 26.3. The van der Waals surface area contributed by atoms with Crippen LogP contribution in [0.15, 0.2) is 24.3 Å². The van der Waals surface area contributed by atoms with Crippen LogP contribution in [0.4, 0.5) is 0 Å². The van der Waals surface area contributed by atoms with Crippen LogP contribution in [0.3, 0.4) is 0 Å². The molecule has 2 saturated carbocycles. The molecule has 0 amide bonds. The van der Waals surface area contributed by atoms with Crippen molar-refractivity contribution in [2.45, 2.75) is 128 Å². The van der Waals surface area contributed by atoms with Crippen LogP contribution in [0.2, 0.25) is 0 Å². The van der Waals surface area contributed by atoms with E-state index in [1.165, 1.54) is 82.0 Å². The molecule has 7 rings (SSSR count). The van der Waals surface area contributed by atoms with E-state index in [0.29, 0.717) is 12.6 Å². The number of carbonyl (C=O) groups is 1. The monoisotopic (exact) mass is 575 g/mol. The number of ether oxygens (including phenoxy) is 1. The summed E-state index contributed by atoms with van der Waals surface area (Å²) < 4.78 is 8.23. The molecular formula is C35H53N5O2. The Hall–Kier alpha value is -1.96. The molecule has 2 aliphatic carbocycles. The molecule has 1 aromatic carbocycles. The van der Waals surface area contributed by atoms with Crippen molar-refractivity contribution >= 4 is 17.0 Å². The van der Waals surface area contributed by atoms with Crippen molar-refractivity contribution in [1.29, 1.82) is 0 Å². The summed E-state index contributed by atoms with van der Waals surface area (Å²) in [7, 11) is 0. The first-order valence-electron chi connectivity index (χ1n) is 17.2. The number of hydrogen-bond donors (Lipinski definition) is 0. The normalized spacial score (nSPS) is 33.1. The van der Waals surface area contributed by atoms with Crippen LogP contribution in [0.25, 0.3) is 11.0 Å². The van der Waals surface area contributed by atoms with Gasteiger partial charge in [0.15, 0.2) is 0 Å². The van der Waals surface area contributed by atoms with Gasteiger partial charge in [-0.1, -0.05) is 37.8 Å².